The first kappa shape index (κ1) is 11.6. The SMILES string of the molecule is CC(C)CNC(=O)CP(=O)(O)O. The van der Waals surface area contributed by atoms with E-state index in [1.54, 1.807) is 0 Å². The van der Waals surface area contributed by atoms with Gasteiger partial charge in [0.15, 0.2) is 0 Å². The number of hydrogen-bond acceptors (Lipinski definition) is 2. The largest absolute Gasteiger partial charge is 0.355 e. The molecular formula is C6H14NO4P. The number of nitrogens with one attached hydrogen (secondary N) is 1. The van der Waals surface area contributed by atoms with E-state index in [0.29, 0.717) is 6.54 Å². The van der Waals surface area contributed by atoms with E-state index in [1.807, 2.05) is 13.8 Å². The van der Waals surface area contributed by atoms with Crippen molar-refractivity contribution in [2.24, 2.45) is 5.92 Å². The number of carbonyl (C=O) groups excluding carboxylic acids is 1. The molecule has 0 aromatic rings. The Kier molecular flexibility index (Phi) is 4.45. The smallest absolute Gasteiger partial charge is 0.334 e. The van der Waals surface area contributed by atoms with Gasteiger partial charge in [-0.25, -0.2) is 0 Å². The van der Waals surface area contributed by atoms with Gasteiger partial charge in [0.25, 0.3) is 0 Å². The van der Waals surface area contributed by atoms with Gasteiger partial charge in [0.1, 0.15) is 6.16 Å². The Labute approximate surface area is 71.3 Å². The third-order valence-electron chi connectivity index (χ3n) is 1.06. The zero-order valence-electron chi connectivity index (χ0n) is 7.15. The van der Waals surface area contributed by atoms with E-state index in [-0.39, 0.29) is 5.92 Å². The summed E-state index contributed by atoms with van der Waals surface area (Å²) in [6, 6.07) is 0. The maximum absolute atomic E-state index is 10.8. The fourth-order valence-corrected chi connectivity index (χ4v) is 1.05. The fourth-order valence-electron chi connectivity index (χ4n) is 0.561. The molecule has 0 aromatic carbocycles. The number of amides is 1. The molecule has 0 aliphatic carbocycles. The maximum Gasteiger partial charge on any atom is 0.334 e. The van der Waals surface area contributed by atoms with Gasteiger partial charge in [0.2, 0.25) is 5.91 Å². The summed E-state index contributed by atoms with van der Waals surface area (Å²) in [5.74, 6) is -0.317. The summed E-state index contributed by atoms with van der Waals surface area (Å²) < 4.78 is 10.3. The zero-order chi connectivity index (χ0) is 9.78. The van der Waals surface area contributed by atoms with Crippen molar-refractivity contribution in [1.82, 2.24) is 5.32 Å². The standard InChI is InChI=1S/C6H14NO4P/c1-5(2)3-7-6(8)4-12(9,10)11/h5H,3-4H2,1-2H3,(H,7,8)(H2,9,10,11). The quantitative estimate of drug-likeness (QED) is 0.548. The lowest BCUT2D eigenvalue weighted by molar-refractivity contribution is -0.118. The average Bonchev–Trinajstić information content (AvgIpc) is 1.79. The van der Waals surface area contributed by atoms with Gasteiger partial charge in [0, 0.05) is 6.54 Å². The van der Waals surface area contributed by atoms with E-state index >= 15 is 0 Å². The molecule has 0 aromatic heterocycles. The molecule has 1 amide bonds. The molecule has 0 rings (SSSR count). The zero-order valence-corrected chi connectivity index (χ0v) is 8.04. The second kappa shape index (κ2) is 4.60. The summed E-state index contributed by atoms with van der Waals surface area (Å²) in [6.45, 7) is 4.24. The minimum absolute atomic E-state index is 0.283. The molecule has 0 unspecified atom stereocenters. The second-order valence-corrected chi connectivity index (χ2v) is 4.67. The summed E-state index contributed by atoms with van der Waals surface area (Å²) in [5.41, 5.74) is 0. The first-order chi connectivity index (χ1) is 5.31. The predicted molar refractivity (Wildman–Crippen MR) is 44.8 cm³/mol. The highest BCUT2D eigenvalue weighted by Crippen LogP contribution is 2.33. The Balaban J connectivity index is 3.69. The number of hydrogen-bond donors (Lipinski definition) is 3. The number of rotatable bonds is 4. The molecule has 0 atom stereocenters. The van der Waals surface area contributed by atoms with Crippen LogP contribution < -0.4 is 5.32 Å². The lowest BCUT2D eigenvalue weighted by Gasteiger charge is -2.07. The van der Waals surface area contributed by atoms with E-state index in [2.05, 4.69) is 5.32 Å². The van der Waals surface area contributed by atoms with E-state index < -0.39 is 19.7 Å². The predicted octanol–water partition coefficient (Wildman–Crippen LogP) is -0.0637. The molecule has 0 spiro atoms. The molecule has 0 saturated carbocycles. The minimum Gasteiger partial charge on any atom is -0.355 e. The highest BCUT2D eigenvalue weighted by atomic mass is 31.2. The van der Waals surface area contributed by atoms with Gasteiger partial charge < -0.3 is 15.1 Å². The molecule has 0 saturated heterocycles. The van der Waals surface area contributed by atoms with Crippen molar-refractivity contribution in [1.29, 1.82) is 0 Å². The molecular weight excluding hydrogens is 181 g/mol. The molecule has 0 bridgehead atoms. The molecule has 5 nitrogen and oxygen atoms in total. The van der Waals surface area contributed by atoms with E-state index in [4.69, 9.17) is 9.79 Å². The van der Waals surface area contributed by atoms with Crippen LogP contribution in [0.1, 0.15) is 13.8 Å². The van der Waals surface area contributed by atoms with Gasteiger partial charge >= 0.3 is 7.60 Å². The Bertz CT molecular complexity index is 198. The monoisotopic (exact) mass is 195 g/mol. The summed E-state index contributed by atoms with van der Waals surface area (Å²) >= 11 is 0. The highest BCUT2D eigenvalue weighted by molar-refractivity contribution is 7.52. The highest BCUT2D eigenvalue weighted by Gasteiger charge is 2.18. The second-order valence-electron chi connectivity index (χ2n) is 3.02. The van der Waals surface area contributed by atoms with Crippen molar-refractivity contribution in [2.75, 3.05) is 12.7 Å². The summed E-state index contributed by atoms with van der Waals surface area (Å²) in [4.78, 5) is 27.6. The van der Waals surface area contributed by atoms with E-state index in [9.17, 15) is 9.36 Å². The molecule has 0 aliphatic rings. The van der Waals surface area contributed by atoms with Crippen LogP contribution in [-0.4, -0.2) is 28.4 Å². The molecule has 72 valence electrons. The van der Waals surface area contributed by atoms with Crippen LogP contribution >= 0.6 is 7.60 Å². The minimum atomic E-state index is -4.19. The van der Waals surface area contributed by atoms with Gasteiger partial charge in [-0.15, -0.1) is 0 Å². The van der Waals surface area contributed by atoms with Crippen LogP contribution in [0.15, 0.2) is 0 Å². The Morgan fingerprint density at radius 3 is 2.33 bits per heavy atom. The summed E-state index contributed by atoms with van der Waals surface area (Å²) in [5, 5.41) is 2.41. The van der Waals surface area contributed by atoms with Crippen molar-refractivity contribution in [3.8, 4) is 0 Å². The molecule has 0 fully saturated rings. The molecule has 0 aliphatic heterocycles. The first-order valence-electron chi connectivity index (χ1n) is 3.62. The lowest BCUT2D eigenvalue weighted by Crippen LogP contribution is -2.29. The molecule has 0 heterocycles. The van der Waals surface area contributed by atoms with Crippen LogP contribution in [0.4, 0.5) is 0 Å². The van der Waals surface area contributed by atoms with Crippen LogP contribution in [0.5, 0.6) is 0 Å². The van der Waals surface area contributed by atoms with Gasteiger partial charge in [-0.1, -0.05) is 13.8 Å². The summed E-state index contributed by atoms with van der Waals surface area (Å²) in [7, 11) is -4.19. The van der Waals surface area contributed by atoms with Crippen LogP contribution in [-0.2, 0) is 9.36 Å². The Morgan fingerprint density at radius 2 is 2.00 bits per heavy atom. The number of carbonyl (C=O) groups is 1. The normalized spacial score (nSPS) is 11.8. The first-order valence-corrected chi connectivity index (χ1v) is 5.42. The lowest BCUT2D eigenvalue weighted by atomic mass is 10.2. The van der Waals surface area contributed by atoms with Gasteiger partial charge in [0.05, 0.1) is 0 Å². The third kappa shape index (κ3) is 7.72. The van der Waals surface area contributed by atoms with E-state index in [1.165, 1.54) is 0 Å². The van der Waals surface area contributed by atoms with Crippen LogP contribution in [0, 0.1) is 5.92 Å². The van der Waals surface area contributed by atoms with Crippen molar-refractivity contribution in [2.45, 2.75) is 13.8 Å². The summed E-state index contributed by atoms with van der Waals surface area (Å²) in [6.07, 6.45) is -0.723. The topological polar surface area (TPSA) is 86.6 Å². The van der Waals surface area contributed by atoms with Crippen LogP contribution in [0.3, 0.4) is 0 Å². The van der Waals surface area contributed by atoms with Crippen molar-refractivity contribution < 1.29 is 19.1 Å². The molecule has 6 heteroatoms. The van der Waals surface area contributed by atoms with Crippen molar-refractivity contribution >= 4 is 13.5 Å². The molecule has 0 radical (unpaired) electrons. The Hall–Kier alpha value is -0.380. The van der Waals surface area contributed by atoms with Gasteiger partial charge in [-0.3, -0.25) is 9.36 Å². The van der Waals surface area contributed by atoms with Gasteiger partial charge in [-0.2, -0.15) is 0 Å². The molecule has 3 N–H and O–H groups in total. The average molecular weight is 195 g/mol. The van der Waals surface area contributed by atoms with Gasteiger partial charge in [-0.05, 0) is 5.92 Å². The fraction of sp³-hybridized carbons (Fsp3) is 0.833. The Morgan fingerprint density at radius 1 is 1.50 bits per heavy atom. The van der Waals surface area contributed by atoms with E-state index in [0.717, 1.165) is 0 Å². The molecule has 12 heavy (non-hydrogen) atoms. The van der Waals surface area contributed by atoms with Crippen molar-refractivity contribution in [3.63, 3.8) is 0 Å². The van der Waals surface area contributed by atoms with Crippen LogP contribution in [0.2, 0.25) is 0 Å². The third-order valence-corrected chi connectivity index (χ3v) is 1.76. The maximum atomic E-state index is 10.8. The van der Waals surface area contributed by atoms with Crippen LogP contribution in [0.25, 0.3) is 0 Å². The van der Waals surface area contributed by atoms with Crippen molar-refractivity contribution in [3.05, 3.63) is 0 Å².